The minimum atomic E-state index is -1.10. The lowest BCUT2D eigenvalue weighted by Gasteiger charge is -2.29. The molecule has 0 spiro atoms. The van der Waals surface area contributed by atoms with Gasteiger partial charge < -0.3 is 33.7 Å². The van der Waals surface area contributed by atoms with E-state index in [1.165, 1.54) is 56.9 Å². The largest absolute Gasteiger partial charge is 0.493 e. The average Bonchev–Trinajstić information content (AvgIpc) is 3.67. The number of amides is 3. The van der Waals surface area contributed by atoms with Gasteiger partial charge in [0, 0.05) is 24.5 Å². The highest BCUT2D eigenvalue weighted by atomic mass is 35.5. The van der Waals surface area contributed by atoms with Gasteiger partial charge in [-0.15, -0.1) is 21.8 Å². The summed E-state index contributed by atoms with van der Waals surface area (Å²) in [4.78, 5) is 70.7. The minimum Gasteiger partial charge on any atom is -0.493 e. The lowest BCUT2D eigenvalue weighted by molar-refractivity contribution is 0.0429. The number of alkyl halides is 1. The van der Waals surface area contributed by atoms with Crippen molar-refractivity contribution in [3.05, 3.63) is 83.6 Å². The van der Waals surface area contributed by atoms with Crippen molar-refractivity contribution in [2.24, 2.45) is 0 Å². The van der Waals surface area contributed by atoms with Crippen LogP contribution in [0, 0.1) is 0 Å². The van der Waals surface area contributed by atoms with Crippen molar-refractivity contribution in [2.75, 3.05) is 37.4 Å². The number of nitrogens with one attached hydrogen (secondary N) is 1. The third-order valence-corrected chi connectivity index (χ3v) is 7.49. The van der Waals surface area contributed by atoms with Crippen LogP contribution in [0.25, 0.3) is 5.82 Å². The molecule has 17 nitrogen and oxygen atoms in total. The summed E-state index contributed by atoms with van der Waals surface area (Å²) in [5.41, 5.74) is -2.33. The van der Waals surface area contributed by atoms with Gasteiger partial charge in [-0.25, -0.2) is 24.2 Å². The van der Waals surface area contributed by atoms with Crippen LogP contribution in [0.15, 0.2) is 61.2 Å². The monoisotopic (exact) mass is 780 g/mol. The highest BCUT2D eigenvalue weighted by Crippen LogP contribution is 2.38. The molecule has 0 radical (unpaired) electrons. The number of hydrogen-bond acceptors (Lipinski definition) is 14. The molecule has 2 heterocycles. The van der Waals surface area contributed by atoms with Crippen molar-refractivity contribution in [1.82, 2.24) is 19.7 Å². The van der Waals surface area contributed by atoms with Crippen LogP contribution >= 0.6 is 11.6 Å². The van der Waals surface area contributed by atoms with E-state index in [2.05, 4.69) is 20.5 Å². The van der Waals surface area contributed by atoms with Gasteiger partial charge in [0.15, 0.2) is 23.0 Å². The first kappa shape index (κ1) is 41.5. The smallest absolute Gasteiger partial charge is 0.424 e. The van der Waals surface area contributed by atoms with Gasteiger partial charge in [0.1, 0.15) is 23.6 Å². The summed E-state index contributed by atoms with van der Waals surface area (Å²) in [5, 5.41) is 10.7. The van der Waals surface area contributed by atoms with Gasteiger partial charge >= 0.3 is 24.1 Å². The van der Waals surface area contributed by atoms with Crippen molar-refractivity contribution >= 4 is 53.0 Å². The van der Waals surface area contributed by atoms with Crippen molar-refractivity contribution in [3.8, 4) is 17.3 Å². The van der Waals surface area contributed by atoms with Gasteiger partial charge in [-0.05, 0) is 71.4 Å². The van der Waals surface area contributed by atoms with Crippen molar-refractivity contribution in [3.63, 3.8) is 0 Å². The Kier molecular flexibility index (Phi) is 13.0. The summed E-state index contributed by atoms with van der Waals surface area (Å²) in [6.45, 7) is 9.68. The molecule has 0 saturated carbocycles. The van der Waals surface area contributed by atoms with Crippen LogP contribution in [0.1, 0.15) is 84.4 Å². The van der Waals surface area contributed by atoms with Crippen LogP contribution in [0.4, 0.5) is 21.0 Å². The molecule has 4 rings (SSSR count). The zero-order valence-corrected chi connectivity index (χ0v) is 32.4. The number of carbonyl (C=O) groups is 5. The summed E-state index contributed by atoms with van der Waals surface area (Å²) in [5.74, 6) is -2.12. The summed E-state index contributed by atoms with van der Waals surface area (Å²) in [7, 11) is 3.63. The maximum absolute atomic E-state index is 13.4. The molecule has 1 unspecified atom stereocenters. The number of aromatic nitrogens is 4. The van der Waals surface area contributed by atoms with Crippen LogP contribution < -0.4 is 19.7 Å². The zero-order valence-electron chi connectivity index (χ0n) is 31.7. The predicted octanol–water partition coefficient (Wildman–Crippen LogP) is 6.53. The molecule has 55 heavy (non-hydrogen) atoms. The van der Waals surface area contributed by atoms with Crippen LogP contribution in [-0.2, 0) is 18.9 Å². The Morgan fingerprint density at radius 1 is 0.818 bits per heavy atom. The molecule has 0 fully saturated rings. The van der Waals surface area contributed by atoms with E-state index in [1.807, 2.05) is 0 Å². The number of anilines is 2. The number of halogens is 1. The SMILES string of the molecule is COC(=O)c1cc(OC)c(OC(CCl)c2ccc(N(C(=O)OC(C)(C)C)C(=O)OC(C)(C)C)c(C(=O)OC)c2)cc1NC(=O)c1ccc(-n2ccnc2)nn1. The third kappa shape index (κ3) is 10.5. The number of carbonyl (C=O) groups excluding carboxylic acids is 5. The Labute approximate surface area is 321 Å². The summed E-state index contributed by atoms with van der Waals surface area (Å²) < 4.78 is 34.3. The summed E-state index contributed by atoms with van der Waals surface area (Å²) in [6.07, 6.45) is 1.51. The van der Waals surface area contributed by atoms with E-state index in [1.54, 1.807) is 64.6 Å². The quantitative estimate of drug-likeness (QED) is 0.0978. The van der Waals surface area contributed by atoms with Gasteiger partial charge in [-0.2, -0.15) is 4.90 Å². The topological polar surface area (TPSA) is 200 Å². The lowest BCUT2D eigenvalue weighted by atomic mass is 10.0. The standard InChI is InChI=1S/C37H41ClN6O11/c1-36(2,3)54-34(48)44(35(49)55-37(4,5)6)26-12-10-21(16-23(26)33(47)52-9)29(19-38)53-28-18-25(22(32(46)51-8)17-27(28)50-7)40-31(45)24-11-13-30(42-41-24)43-15-14-39-20-43/h10-18,20,29H,19H2,1-9H3,(H,40,45). The Hall–Kier alpha value is -6.23. The molecule has 4 aromatic rings. The van der Waals surface area contributed by atoms with E-state index in [9.17, 15) is 24.0 Å². The molecule has 0 aliphatic carbocycles. The molecule has 3 amide bonds. The number of nitrogens with zero attached hydrogens (tertiary/aromatic N) is 5. The van der Waals surface area contributed by atoms with Gasteiger partial charge in [0.05, 0.1) is 49.7 Å². The van der Waals surface area contributed by atoms with E-state index >= 15 is 0 Å². The first-order valence-corrected chi connectivity index (χ1v) is 17.1. The third-order valence-electron chi connectivity index (χ3n) is 7.21. The fraction of sp³-hybridized carbons (Fsp3) is 0.351. The van der Waals surface area contributed by atoms with Gasteiger partial charge in [0.2, 0.25) is 0 Å². The van der Waals surface area contributed by atoms with E-state index in [4.69, 9.17) is 40.0 Å². The Balaban J connectivity index is 1.74. The molecule has 292 valence electrons. The first-order chi connectivity index (χ1) is 25.9. The number of benzene rings is 2. The summed E-state index contributed by atoms with van der Waals surface area (Å²) in [6, 6.07) is 9.76. The van der Waals surface area contributed by atoms with Crippen molar-refractivity contribution in [1.29, 1.82) is 0 Å². The van der Waals surface area contributed by atoms with Crippen molar-refractivity contribution < 1.29 is 52.4 Å². The fourth-order valence-electron chi connectivity index (χ4n) is 4.81. The normalized spacial score (nSPS) is 11.8. The Morgan fingerprint density at radius 3 is 1.96 bits per heavy atom. The molecule has 0 aliphatic heterocycles. The molecule has 2 aromatic heterocycles. The molecule has 0 bridgehead atoms. The molecule has 0 saturated heterocycles. The van der Waals surface area contributed by atoms with Crippen molar-refractivity contribution in [2.45, 2.75) is 58.8 Å². The number of imide groups is 1. The number of hydrogen-bond donors (Lipinski definition) is 1. The molecule has 0 aliphatic rings. The Morgan fingerprint density at radius 2 is 1.45 bits per heavy atom. The molecule has 2 aromatic carbocycles. The fourth-order valence-corrected chi connectivity index (χ4v) is 5.05. The predicted molar refractivity (Wildman–Crippen MR) is 198 cm³/mol. The number of esters is 2. The van der Waals surface area contributed by atoms with E-state index in [-0.39, 0.29) is 45.6 Å². The summed E-state index contributed by atoms with van der Waals surface area (Å²) >= 11 is 6.41. The van der Waals surface area contributed by atoms with Crippen LogP contribution in [0.2, 0.25) is 0 Å². The molecule has 18 heteroatoms. The maximum atomic E-state index is 13.4. The van der Waals surface area contributed by atoms with E-state index < -0.39 is 47.3 Å². The maximum Gasteiger partial charge on any atom is 0.424 e. The molecule has 1 N–H and O–H groups in total. The van der Waals surface area contributed by atoms with Crippen LogP contribution in [-0.4, -0.2) is 88.2 Å². The van der Waals surface area contributed by atoms with Gasteiger partial charge in [-0.1, -0.05) is 6.07 Å². The molecular weight excluding hydrogens is 740 g/mol. The number of methoxy groups -OCH3 is 3. The van der Waals surface area contributed by atoms with Gasteiger partial charge in [-0.3, -0.25) is 9.36 Å². The number of rotatable bonds is 11. The van der Waals surface area contributed by atoms with Gasteiger partial charge in [0.25, 0.3) is 5.91 Å². The first-order valence-electron chi connectivity index (χ1n) is 16.5. The van der Waals surface area contributed by atoms with E-state index in [0.717, 1.165) is 7.11 Å². The zero-order chi connectivity index (χ0) is 40.7. The highest BCUT2D eigenvalue weighted by Gasteiger charge is 2.36. The second kappa shape index (κ2) is 17.3. The number of ether oxygens (including phenoxy) is 6. The second-order valence-electron chi connectivity index (χ2n) is 13.6. The van der Waals surface area contributed by atoms with Crippen LogP contribution in [0.3, 0.4) is 0 Å². The van der Waals surface area contributed by atoms with Crippen LogP contribution in [0.5, 0.6) is 11.5 Å². The average molecular weight is 781 g/mol. The molecule has 1 atom stereocenters. The highest BCUT2D eigenvalue weighted by molar-refractivity contribution is 6.18. The minimum absolute atomic E-state index is 0.0190. The second-order valence-corrected chi connectivity index (χ2v) is 13.9. The Bertz CT molecular complexity index is 2010. The lowest BCUT2D eigenvalue weighted by Crippen LogP contribution is -2.44. The number of imidazole rings is 1. The van der Waals surface area contributed by atoms with E-state index in [0.29, 0.717) is 16.3 Å². The molecular formula is C37H41ClN6O11.